The first-order valence-corrected chi connectivity index (χ1v) is 8.40. The van der Waals surface area contributed by atoms with Gasteiger partial charge in [-0.25, -0.2) is 9.98 Å². The minimum atomic E-state index is -0.402. The van der Waals surface area contributed by atoms with Gasteiger partial charge in [0.25, 0.3) is 0 Å². The molecule has 0 radical (unpaired) electrons. The number of halogens is 1. The monoisotopic (exact) mass is 401 g/mol. The molecule has 0 saturated carbocycles. The lowest BCUT2D eigenvalue weighted by Crippen LogP contribution is -2.31. The van der Waals surface area contributed by atoms with Gasteiger partial charge < -0.3 is 15.2 Å². The molecule has 2 heterocycles. The van der Waals surface area contributed by atoms with E-state index in [0.29, 0.717) is 23.4 Å². The second-order valence-corrected chi connectivity index (χ2v) is 6.39. The van der Waals surface area contributed by atoms with Crippen LogP contribution < -0.4 is 20.5 Å². The van der Waals surface area contributed by atoms with Gasteiger partial charge in [0.1, 0.15) is 11.5 Å². The molecular weight excluding hydrogens is 386 g/mol. The van der Waals surface area contributed by atoms with Crippen LogP contribution in [0.15, 0.2) is 45.9 Å². The van der Waals surface area contributed by atoms with Crippen molar-refractivity contribution in [2.45, 2.75) is 6.17 Å². The van der Waals surface area contributed by atoms with Crippen molar-refractivity contribution in [3.63, 3.8) is 0 Å². The molecule has 0 aliphatic carbocycles. The van der Waals surface area contributed by atoms with E-state index in [-0.39, 0.29) is 0 Å². The molecule has 3 aromatic rings. The zero-order valence-corrected chi connectivity index (χ0v) is 15.2. The van der Waals surface area contributed by atoms with Crippen LogP contribution in [0.2, 0.25) is 0 Å². The van der Waals surface area contributed by atoms with Gasteiger partial charge in [-0.1, -0.05) is 12.1 Å². The average Bonchev–Trinajstić information content (AvgIpc) is 2.98. The van der Waals surface area contributed by atoms with Crippen LogP contribution in [0.1, 0.15) is 11.7 Å². The average molecular weight is 402 g/mol. The molecule has 0 bridgehead atoms. The molecule has 0 amide bonds. The predicted octanol–water partition coefficient (Wildman–Crippen LogP) is 3.10. The Morgan fingerprint density at radius 3 is 2.68 bits per heavy atom. The normalized spacial score (nSPS) is 16.1. The van der Waals surface area contributed by atoms with Gasteiger partial charge in [0.05, 0.1) is 29.7 Å². The number of nitrogens with two attached hydrogens (primary N) is 1. The van der Waals surface area contributed by atoms with Crippen molar-refractivity contribution in [2.24, 2.45) is 10.7 Å². The Morgan fingerprint density at radius 2 is 1.92 bits per heavy atom. The third-order valence-electron chi connectivity index (χ3n) is 4.12. The lowest BCUT2D eigenvalue weighted by molar-refractivity contribution is 0.385. The van der Waals surface area contributed by atoms with E-state index < -0.39 is 6.17 Å². The third kappa shape index (κ3) is 2.49. The summed E-state index contributed by atoms with van der Waals surface area (Å²) < 4.78 is 13.7. The first-order valence-electron chi connectivity index (χ1n) is 7.61. The summed E-state index contributed by atoms with van der Waals surface area (Å²) in [4.78, 5) is 9.19. The highest BCUT2D eigenvalue weighted by Gasteiger charge is 2.28. The zero-order chi connectivity index (χ0) is 17.6. The number of nitrogens with zero attached hydrogens (tertiary/aromatic N) is 3. The summed E-state index contributed by atoms with van der Waals surface area (Å²) in [6, 6.07) is 11.6. The van der Waals surface area contributed by atoms with Crippen molar-refractivity contribution in [3.8, 4) is 11.5 Å². The van der Waals surface area contributed by atoms with Crippen molar-refractivity contribution >= 4 is 38.9 Å². The largest absolute Gasteiger partial charge is 0.496 e. The number of hydrogen-bond donors (Lipinski definition) is 2. The van der Waals surface area contributed by atoms with E-state index in [4.69, 9.17) is 15.2 Å². The molecular formula is C17H16BrN5O2. The number of anilines is 1. The minimum absolute atomic E-state index is 0.307. The van der Waals surface area contributed by atoms with Crippen LogP contribution in [0.4, 0.5) is 5.95 Å². The van der Waals surface area contributed by atoms with Crippen molar-refractivity contribution in [3.05, 3.63) is 46.4 Å². The highest BCUT2D eigenvalue weighted by atomic mass is 79.9. The maximum atomic E-state index is 5.99. The molecule has 128 valence electrons. The van der Waals surface area contributed by atoms with E-state index in [9.17, 15) is 0 Å². The fourth-order valence-electron chi connectivity index (χ4n) is 3.01. The van der Waals surface area contributed by atoms with Gasteiger partial charge in [-0.15, -0.1) is 0 Å². The second kappa shape index (κ2) is 5.96. The molecule has 2 aromatic carbocycles. The number of hydrogen-bond acceptors (Lipinski definition) is 6. The van der Waals surface area contributed by atoms with Gasteiger partial charge in [0.15, 0.2) is 12.1 Å². The standard InChI is InChI=1S/C17H16BrN5O2/c1-24-13-8-14(25-2)10(18)7-9(13)15-21-16(19)22-17-20-11-5-3-4-6-12(11)23(15)17/h3-8,15H,1-2H3,(H3,19,20,21,22)/t15-/m1/s1. The quantitative estimate of drug-likeness (QED) is 0.703. The van der Waals surface area contributed by atoms with E-state index in [1.807, 2.05) is 41.0 Å². The molecule has 1 atom stereocenters. The van der Waals surface area contributed by atoms with E-state index in [2.05, 4.69) is 31.2 Å². The molecule has 7 nitrogen and oxygen atoms in total. The smallest absolute Gasteiger partial charge is 0.212 e. The van der Waals surface area contributed by atoms with Gasteiger partial charge in [-0.05, 0) is 34.1 Å². The van der Waals surface area contributed by atoms with Gasteiger partial charge in [-0.2, -0.15) is 0 Å². The zero-order valence-electron chi connectivity index (χ0n) is 13.7. The number of aromatic nitrogens is 2. The number of rotatable bonds is 3. The van der Waals surface area contributed by atoms with Crippen molar-refractivity contribution in [2.75, 3.05) is 19.5 Å². The van der Waals surface area contributed by atoms with Crippen LogP contribution in [0, 0.1) is 0 Å². The Balaban J connectivity index is 1.97. The first-order chi connectivity index (χ1) is 12.1. The summed E-state index contributed by atoms with van der Waals surface area (Å²) in [5, 5.41) is 3.03. The number of para-hydroxylation sites is 2. The lowest BCUT2D eigenvalue weighted by Gasteiger charge is -2.25. The molecule has 1 aliphatic heterocycles. The second-order valence-electron chi connectivity index (χ2n) is 5.54. The van der Waals surface area contributed by atoms with Crippen molar-refractivity contribution < 1.29 is 9.47 Å². The first kappa shape index (κ1) is 15.8. The lowest BCUT2D eigenvalue weighted by atomic mass is 10.1. The van der Waals surface area contributed by atoms with Crippen LogP contribution >= 0.6 is 15.9 Å². The van der Waals surface area contributed by atoms with Crippen molar-refractivity contribution in [1.29, 1.82) is 0 Å². The highest BCUT2D eigenvalue weighted by molar-refractivity contribution is 9.10. The van der Waals surface area contributed by atoms with Crippen LogP contribution in [-0.4, -0.2) is 29.7 Å². The van der Waals surface area contributed by atoms with Crippen LogP contribution in [0.25, 0.3) is 11.0 Å². The Kier molecular flexibility index (Phi) is 3.76. The minimum Gasteiger partial charge on any atom is -0.496 e. The number of imidazole rings is 1. The molecule has 25 heavy (non-hydrogen) atoms. The molecule has 3 N–H and O–H groups in total. The molecule has 0 saturated heterocycles. The number of methoxy groups -OCH3 is 2. The summed E-state index contributed by atoms with van der Waals surface area (Å²) in [6.07, 6.45) is -0.402. The van der Waals surface area contributed by atoms with E-state index in [1.54, 1.807) is 14.2 Å². The van der Waals surface area contributed by atoms with Gasteiger partial charge in [0, 0.05) is 11.6 Å². The third-order valence-corrected chi connectivity index (χ3v) is 4.74. The van der Waals surface area contributed by atoms with Crippen LogP contribution in [-0.2, 0) is 0 Å². The van der Waals surface area contributed by atoms with Crippen molar-refractivity contribution in [1.82, 2.24) is 9.55 Å². The SMILES string of the molecule is COc1cc(OC)c([C@@H]2N=C(N)Nc3nc4ccccc4n32)cc1Br. The Hall–Kier alpha value is -2.74. The summed E-state index contributed by atoms with van der Waals surface area (Å²) in [6.45, 7) is 0. The summed E-state index contributed by atoms with van der Waals surface area (Å²) in [5.41, 5.74) is 8.67. The molecule has 1 aromatic heterocycles. The summed E-state index contributed by atoms with van der Waals surface area (Å²) in [5.74, 6) is 2.30. The molecule has 1 aliphatic rings. The number of ether oxygens (including phenoxy) is 2. The number of aliphatic imine (C=N–C) groups is 1. The summed E-state index contributed by atoms with van der Waals surface area (Å²) in [7, 11) is 3.23. The molecule has 4 rings (SSSR count). The highest BCUT2D eigenvalue weighted by Crippen LogP contribution is 2.40. The molecule has 0 spiro atoms. The summed E-state index contributed by atoms with van der Waals surface area (Å²) >= 11 is 3.53. The topological polar surface area (TPSA) is 86.7 Å². The Labute approximate surface area is 152 Å². The van der Waals surface area contributed by atoms with Gasteiger partial charge in [0.2, 0.25) is 5.95 Å². The number of guanidine groups is 1. The Morgan fingerprint density at radius 1 is 1.16 bits per heavy atom. The molecule has 8 heteroatoms. The molecule has 0 unspecified atom stereocenters. The number of benzene rings is 2. The van der Waals surface area contributed by atoms with Gasteiger partial charge in [-0.3, -0.25) is 9.88 Å². The maximum Gasteiger partial charge on any atom is 0.212 e. The van der Waals surface area contributed by atoms with E-state index in [0.717, 1.165) is 21.1 Å². The maximum absolute atomic E-state index is 5.99. The Bertz CT molecular complexity index is 998. The fraction of sp³-hybridized carbons (Fsp3) is 0.176. The number of fused-ring (bicyclic) bond motifs is 3. The van der Waals surface area contributed by atoms with Crippen LogP contribution in [0.5, 0.6) is 11.5 Å². The van der Waals surface area contributed by atoms with Gasteiger partial charge >= 0.3 is 0 Å². The number of nitrogens with one attached hydrogen (secondary N) is 1. The van der Waals surface area contributed by atoms with Crippen LogP contribution in [0.3, 0.4) is 0 Å². The molecule has 0 fully saturated rings. The van der Waals surface area contributed by atoms with E-state index >= 15 is 0 Å². The predicted molar refractivity (Wildman–Crippen MR) is 100 cm³/mol. The fourth-order valence-corrected chi connectivity index (χ4v) is 3.53. The van der Waals surface area contributed by atoms with E-state index in [1.165, 1.54) is 0 Å².